The van der Waals surface area contributed by atoms with Crippen molar-refractivity contribution >= 4 is 23.4 Å². The lowest BCUT2D eigenvalue weighted by molar-refractivity contribution is -0.137. The lowest BCUT2D eigenvalue weighted by Crippen LogP contribution is -2.16. The Bertz CT molecular complexity index is 1310. The van der Waals surface area contributed by atoms with E-state index in [2.05, 4.69) is 30.9 Å². The first-order chi connectivity index (χ1) is 16.2. The molecule has 0 unspecified atom stereocenters. The molecule has 9 nitrogen and oxygen atoms in total. The van der Waals surface area contributed by atoms with Gasteiger partial charge in [-0.15, -0.1) is 5.10 Å². The number of nitrogens with zero attached hydrogens (tertiary/aromatic N) is 7. The summed E-state index contributed by atoms with van der Waals surface area (Å²) < 4.78 is 41.6. The van der Waals surface area contributed by atoms with Gasteiger partial charge in [0, 0.05) is 11.9 Å². The van der Waals surface area contributed by atoms with Crippen molar-refractivity contribution in [2.75, 3.05) is 11.6 Å². The first-order valence-electron chi connectivity index (χ1n) is 10.0. The second-order valence-electron chi connectivity index (χ2n) is 7.49. The fourth-order valence-corrected chi connectivity index (χ4v) is 3.77. The molecule has 0 atom stereocenters. The number of halogens is 3. The average Bonchev–Trinajstić information content (AvgIpc) is 3.46. The molecule has 176 valence electrons. The zero-order valence-electron chi connectivity index (χ0n) is 18.3. The number of tetrazole rings is 1. The molecular formula is C21H19F3N8OS. The molecular weight excluding hydrogens is 469 g/mol. The normalized spacial score (nSPS) is 11.7. The predicted octanol–water partition coefficient (Wildman–Crippen LogP) is 4.36. The molecule has 0 aliphatic rings. The molecule has 34 heavy (non-hydrogen) atoms. The van der Waals surface area contributed by atoms with Gasteiger partial charge in [-0.2, -0.15) is 23.0 Å². The summed E-state index contributed by atoms with van der Waals surface area (Å²) in [6, 6.07) is 9.17. The van der Waals surface area contributed by atoms with Crippen LogP contribution in [0.1, 0.15) is 41.4 Å². The van der Waals surface area contributed by atoms with Crippen molar-refractivity contribution in [1.29, 1.82) is 0 Å². The van der Waals surface area contributed by atoms with Crippen LogP contribution in [-0.4, -0.2) is 47.1 Å². The van der Waals surface area contributed by atoms with Crippen molar-refractivity contribution in [3.63, 3.8) is 0 Å². The summed E-state index contributed by atoms with van der Waals surface area (Å²) >= 11 is 1.38. The van der Waals surface area contributed by atoms with Crippen molar-refractivity contribution in [2.45, 2.75) is 31.1 Å². The molecule has 4 aromatic rings. The molecule has 0 spiro atoms. The third kappa shape index (κ3) is 4.64. The van der Waals surface area contributed by atoms with E-state index >= 15 is 0 Å². The topological polar surface area (TPSA) is 103 Å². The van der Waals surface area contributed by atoms with Crippen LogP contribution in [0, 0.1) is 0 Å². The highest BCUT2D eigenvalue weighted by Crippen LogP contribution is 2.30. The van der Waals surface area contributed by atoms with Gasteiger partial charge in [0.15, 0.2) is 5.82 Å². The maximum Gasteiger partial charge on any atom is 0.417 e. The van der Waals surface area contributed by atoms with E-state index in [1.165, 1.54) is 28.7 Å². The molecule has 1 amide bonds. The number of rotatable bonds is 6. The summed E-state index contributed by atoms with van der Waals surface area (Å²) in [5.74, 6) is -0.397. The molecule has 3 aromatic heterocycles. The molecule has 3 heterocycles. The van der Waals surface area contributed by atoms with E-state index in [0.29, 0.717) is 22.2 Å². The summed E-state index contributed by atoms with van der Waals surface area (Å²) in [5, 5.41) is 19.2. The largest absolute Gasteiger partial charge is 0.417 e. The Morgan fingerprint density at radius 1 is 1.12 bits per heavy atom. The van der Waals surface area contributed by atoms with Crippen molar-refractivity contribution in [3.8, 4) is 11.5 Å². The Labute approximate surface area is 196 Å². The van der Waals surface area contributed by atoms with Crippen molar-refractivity contribution < 1.29 is 18.0 Å². The van der Waals surface area contributed by atoms with E-state index in [0.717, 1.165) is 12.3 Å². The van der Waals surface area contributed by atoms with Crippen LogP contribution in [0.25, 0.3) is 11.5 Å². The number of amides is 1. The zero-order chi connectivity index (χ0) is 24.5. The van der Waals surface area contributed by atoms with Crippen LogP contribution in [0.2, 0.25) is 0 Å². The Kier molecular flexibility index (Phi) is 6.37. The standard InChI is InChI=1S/C21H19F3N8OS/c1-12(2)18-16(11-26-32(18)17-8-7-13(10-25-17)21(22,23)24)19(33)27-14-5-4-6-15(9-14)31-20(34-3)28-29-30-31/h4-12H,1-3H3,(H,27,33). The van der Waals surface area contributed by atoms with Crippen LogP contribution in [0.4, 0.5) is 18.9 Å². The van der Waals surface area contributed by atoms with Crippen molar-refractivity contribution in [2.24, 2.45) is 0 Å². The second-order valence-corrected chi connectivity index (χ2v) is 8.27. The number of hydrogen-bond acceptors (Lipinski definition) is 7. The third-order valence-electron chi connectivity index (χ3n) is 4.86. The number of carbonyl (C=O) groups excluding carboxylic acids is 1. The number of nitrogens with one attached hydrogen (secondary N) is 1. The van der Waals surface area contributed by atoms with Gasteiger partial charge in [0.1, 0.15) is 0 Å². The minimum atomic E-state index is -4.49. The van der Waals surface area contributed by atoms with Crippen LogP contribution in [0.15, 0.2) is 53.9 Å². The van der Waals surface area contributed by atoms with Gasteiger partial charge in [0.05, 0.1) is 28.7 Å². The fourth-order valence-electron chi connectivity index (χ4n) is 3.33. The first-order valence-corrected chi connectivity index (χ1v) is 11.3. The quantitative estimate of drug-likeness (QED) is 0.402. The molecule has 0 saturated carbocycles. The van der Waals surface area contributed by atoms with Crippen LogP contribution >= 0.6 is 11.8 Å². The maximum atomic E-state index is 13.1. The number of carbonyl (C=O) groups is 1. The monoisotopic (exact) mass is 488 g/mol. The summed E-state index contributed by atoms with van der Waals surface area (Å²) in [6.45, 7) is 3.72. The SMILES string of the molecule is CSc1nnnn1-c1cccc(NC(=O)c2cnn(-c3ccc(C(F)(F)F)cn3)c2C(C)C)c1. The lowest BCUT2D eigenvalue weighted by atomic mass is 10.1. The van der Waals surface area contributed by atoms with Crippen molar-refractivity contribution in [3.05, 3.63) is 65.6 Å². The van der Waals surface area contributed by atoms with Crippen LogP contribution in [0.5, 0.6) is 0 Å². The molecule has 0 bridgehead atoms. The van der Waals surface area contributed by atoms with E-state index in [1.54, 1.807) is 28.9 Å². The van der Waals surface area contributed by atoms with E-state index in [4.69, 9.17) is 0 Å². The number of hydrogen-bond donors (Lipinski definition) is 1. The minimum absolute atomic E-state index is 0.163. The van der Waals surface area contributed by atoms with E-state index in [1.807, 2.05) is 20.1 Å². The summed E-state index contributed by atoms with van der Waals surface area (Å²) in [7, 11) is 0. The lowest BCUT2D eigenvalue weighted by Gasteiger charge is -2.13. The summed E-state index contributed by atoms with van der Waals surface area (Å²) in [4.78, 5) is 17.0. The third-order valence-corrected chi connectivity index (χ3v) is 5.48. The van der Waals surface area contributed by atoms with Gasteiger partial charge >= 0.3 is 6.18 Å². The average molecular weight is 488 g/mol. The molecule has 1 N–H and O–H groups in total. The van der Waals surface area contributed by atoms with Gasteiger partial charge in [-0.1, -0.05) is 31.7 Å². The van der Waals surface area contributed by atoms with Gasteiger partial charge in [-0.05, 0) is 52.9 Å². The Balaban J connectivity index is 1.62. The van der Waals surface area contributed by atoms with Crippen molar-refractivity contribution in [1.82, 2.24) is 35.0 Å². The van der Waals surface area contributed by atoms with Gasteiger partial charge in [0.25, 0.3) is 5.91 Å². The van der Waals surface area contributed by atoms with Gasteiger partial charge in [-0.25, -0.2) is 9.67 Å². The molecule has 0 aliphatic carbocycles. The fraction of sp³-hybridized carbons (Fsp3) is 0.238. The summed E-state index contributed by atoms with van der Waals surface area (Å²) in [5.41, 5.74) is 1.13. The van der Waals surface area contributed by atoms with E-state index < -0.39 is 17.6 Å². The Morgan fingerprint density at radius 3 is 2.56 bits per heavy atom. The molecule has 13 heteroatoms. The number of anilines is 1. The van der Waals surface area contributed by atoms with Crippen LogP contribution < -0.4 is 5.32 Å². The minimum Gasteiger partial charge on any atom is -0.322 e. The number of benzene rings is 1. The Morgan fingerprint density at radius 2 is 1.91 bits per heavy atom. The van der Waals surface area contributed by atoms with E-state index in [9.17, 15) is 18.0 Å². The summed E-state index contributed by atoms with van der Waals surface area (Å²) in [6.07, 6.45) is -0.519. The first kappa shape index (κ1) is 23.4. The highest BCUT2D eigenvalue weighted by atomic mass is 32.2. The molecule has 1 aromatic carbocycles. The molecule has 0 fully saturated rings. The van der Waals surface area contributed by atoms with E-state index in [-0.39, 0.29) is 17.3 Å². The van der Waals surface area contributed by atoms with Gasteiger partial charge in [-0.3, -0.25) is 4.79 Å². The van der Waals surface area contributed by atoms with Crippen LogP contribution in [0.3, 0.4) is 0 Å². The molecule has 0 saturated heterocycles. The number of aromatic nitrogens is 7. The smallest absolute Gasteiger partial charge is 0.322 e. The molecule has 4 rings (SSSR count). The number of thioether (sulfide) groups is 1. The number of pyridine rings is 1. The predicted molar refractivity (Wildman–Crippen MR) is 119 cm³/mol. The highest BCUT2D eigenvalue weighted by molar-refractivity contribution is 7.98. The van der Waals surface area contributed by atoms with Gasteiger partial charge < -0.3 is 5.32 Å². The van der Waals surface area contributed by atoms with Gasteiger partial charge in [0.2, 0.25) is 5.16 Å². The Hall–Kier alpha value is -3.74. The van der Waals surface area contributed by atoms with Crippen LogP contribution in [-0.2, 0) is 6.18 Å². The number of alkyl halides is 3. The second kappa shape index (κ2) is 9.25. The maximum absolute atomic E-state index is 13.1. The molecule has 0 aliphatic heterocycles. The molecule has 0 radical (unpaired) electrons. The zero-order valence-corrected chi connectivity index (χ0v) is 19.1. The highest BCUT2D eigenvalue weighted by Gasteiger charge is 2.31.